The summed E-state index contributed by atoms with van der Waals surface area (Å²) >= 11 is 0. The molecule has 6 heterocycles. The van der Waals surface area contributed by atoms with Gasteiger partial charge in [-0.2, -0.15) is 0 Å². The minimum atomic E-state index is 0.0562. The van der Waals surface area contributed by atoms with Gasteiger partial charge in [-0.15, -0.1) is 0 Å². The van der Waals surface area contributed by atoms with Crippen molar-refractivity contribution in [3.63, 3.8) is 0 Å². The Morgan fingerprint density at radius 2 is 1.06 bits per heavy atom. The zero-order chi connectivity index (χ0) is 25.2. The van der Waals surface area contributed by atoms with Crippen molar-refractivity contribution in [1.82, 2.24) is 0 Å². The van der Waals surface area contributed by atoms with Gasteiger partial charge < -0.3 is 28.4 Å². The summed E-state index contributed by atoms with van der Waals surface area (Å²) in [5, 5.41) is 0. The average molecular weight is 505 g/mol. The minimum Gasteiger partial charge on any atom is -0.369 e. The summed E-state index contributed by atoms with van der Waals surface area (Å²) < 4.78 is 36.4. The van der Waals surface area contributed by atoms with Crippen molar-refractivity contribution in [2.75, 3.05) is 6.61 Å². The van der Waals surface area contributed by atoms with Crippen LogP contribution in [0.3, 0.4) is 0 Å². The number of fused-ring (bicyclic) bond motifs is 1. The number of rotatable bonds is 13. The van der Waals surface area contributed by atoms with E-state index in [1.165, 1.54) is 19.3 Å². The lowest BCUT2D eigenvalue weighted by Crippen LogP contribution is -2.34. The van der Waals surface area contributed by atoms with Gasteiger partial charge in [0.05, 0.1) is 70.7 Å². The van der Waals surface area contributed by atoms with Gasteiger partial charge in [0.25, 0.3) is 0 Å². The Morgan fingerprint density at radius 3 is 1.50 bits per heavy atom. The van der Waals surface area contributed by atoms with Crippen molar-refractivity contribution in [1.29, 1.82) is 0 Å². The van der Waals surface area contributed by atoms with Crippen LogP contribution < -0.4 is 0 Å². The molecule has 0 aromatic rings. The summed E-state index contributed by atoms with van der Waals surface area (Å²) in [7, 11) is 0. The highest BCUT2D eigenvalue weighted by Crippen LogP contribution is 2.59. The lowest BCUT2D eigenvalue weighted by molar-refractivity contribution is 0.155. The van der Waals surface area contributed by atoms with Crippen molar-refractivity contribution < 1.29 is 28.4 Å². The first-order chi connectivity index (χ1) is 16.9. The van der Waals surface area contributed by atoms with Gasteiger partial charge >= 0.3 is 0 Å². The molecule has 10 atom stereocenters. The normalized spacial score (nSPS) is 54.5. The standard InChI is InChI=1S/C30H48O6/c1-25(2)20(32-25)8-12-27(5)22(34-27)10-15-29-14-7-19(17-24(29)36-29)30(18-31-30)16-11-23-28(6,35-23)13-9-21-26(3,4)33-21/h19-24H,7-18H2,1-6H3. The van der Waals surface area contributed by atoms with E-state index in [4.69, 9.17) is 28.4 Å². The fraction of sp³-hybridized carbons (Fsp3) is 1.00. The number of hydrogen-bond donors (Lipinski definition) is 0. The van der Waals surface area contributed by atoms with E-state index in [0.717, 1.165) is 58.0 Å². The molecule has 0 N–H and O–H groups in total. The van der Waals surface area contributed by atoms with E-state index in [1.54, 1.807) is 0 Å². The van der Waals surface area contributed by atoms with Crippen molar-refractivity contribution in [3.8, 4) is 0 Å². The number of epoxide rings is 6. The van der Waals surface area contributed by atoms with Crippen LogP contribution in [0.5, 0.6) is 0 Å². The number of hydrogen-bond acceptors (Lipinski definition) is 6. The maximum atomic E-state index is 6.38. The van der Waals surface area contributed by atoms with Crippen LogP contribution in [0.25, 0.3) is 0 Å². The second kappa shape index (κ2) is 7.69. The van der Waals surface area contributed by atoms with Gasteiger partial charge in [-0.05, 0) is 118 Å². The molecule has 6 saturated heterocycles. The second-order valence-electron chi connectivity index (χ2n) is 14.9. The molecular formula is C30H48O6. The van der Waals surface area contributed by atoms with E-state index in [2.05, 4.69) is 41.5 Å². The molecule has 6 nitrogen and oxygen atoms in total. The zero-order valence-corrected chi connectivity index (χ0v) is 23.4. The van der Waals surface area contributed by atoms with E-state index < -0.39 is 0 Å². The van der Waals surface area contributed by atoms with Crippen LogP contribution in [0.4, 0.5) is 0 Å². The molecule has 10 unspecified atom stereocenters. The molecule has 0 aromatic carbocycles. The highest BCUT2D eigenvalue weighted by Gasteiger charge is 2.65. The summed E-state index contributed by atoms with van der Waals surface area (Å²) in [4.78, 5) is 0. The third kappa shape index (κ3) is 4.50. The van der Waals surface area contributed by atoms with Crippen molar-refractivity contribution in [2.45, 2.75) is 176 Å². The summed E-state index contributed by atoms with van der Waals surface area (Å²) in [5.74, 6) is 0.646. The first kappa shape index (κ1) is 24.8. The SMILES string of the molecule is CC1(C)OC1CCC1(C)OC1CCC1(C2CCC3(CCC4OC4(C)CCC4OC4(C)C)OC3C2)CO1. The van der Waals surface area contributed by atoms with Crippen LogP contribution >= 0.6 is 0 Å². The molecule has 6 heteroatoms. The van der Waals surface area contributed by atoms with Gasteiger partial charge in [0, 0.05) is 0 Å². The highest BCUT2D eigenvalue weighted by molar-refractivity contribution is 5.14. The van der Waals surface area contributed by atoms with Crippen molar-refractivity contribution in [3.05, 3.63) is 0 Å². The molecule has 1 aliphatic carbocycles. The third-order valence-corrected chi connectivity index (χ3v) is 11.4. The van der Waals surface area contributed by atoms with Crippen LogP contribution in [0.15, 0.2) is 0 Å². The summed E-state index contributed by atoms with van der Waals surface area (Å²) in [6.45, 7) is 14.2. The molecule has 0 spiro atoms. The lowest BCUT2D eigenvalue weighted by atomic mass is 9.72. The summed E-state index contributed by atoms with van der Waals surface area (Å²) in [6, 6.07) is 0. The molecule has 7 fully saturated rings. The van der Waals surface area contributed by atoms with E-state index in [1.807, 2.05) is 0 Å². The lowest BCUT2D eigenvalue weighted by Gasteiger charge is -2.29. The predicted octanol–water partition coefficient (Wildman–Crippen LogP) is 5.48. The van der Waals surface area contributed by atoms with Crippen LogP contribution in [0, 0.1) is 5.92 Å². The van der Waals surface area contributed by atoms with Crippen molar-refractivity contribution in [2.24, 2.45) is 5.92 Å². The second-order valence-corrected chi connectivity index (χ2v) is 14.9. The van der Waals surface area contributed by atoms with Gasteiger partial charge in [0.15, 0.2) is 0 Å². The smallest absolute Gasteiger partial charge is 0.0949 e. The molecule has 0 bridgehead atoms. The predicted molar refractivity (Wildman–Crippen MR) is 135 cm³/mol. The maximum absolute atomic E-state index is 6.38. The monoisotopic (exact) mass is 504 g/mol. The molecule has 0 amide bonds. The molecule has 36 heavy (non-hydrogen) atoms. The van der Waals surface area contributed by atoms with Crippen LogP contribution in [0.1, 0.15) is 112 Å². The topological polar surface area (TPSA) is 75.2 Å². The summed E-state index contributed by atoms with van der Waals surface area (Å²) in [6.07, 6.45) is 14.7. The first-order valence-corrected chi connectivity index (χ1v) is 14.9. The van der Waals surface area contributed by atoms with Gasteiger partial charge in [-0.1, -0.05) is 0 Å². The highest BCUT2D eigenvalue weighted by atomic mass is 16.6. The number of ether oxygens (including phenoxy) is 6. The van der Waals surface area contributed by atoms with E-state index in [-0.39, 0.29) is 33.6 Å². The Bertz CT molecular complexity index is 898. The largest absolute Gasteiger partial charge is 0.369 e. The van der Waals surface area contributed by atoms with Crippen LogP contribution in [-0.2, 0) is 28.4 Å². The Balaban J connectivity index is 0.821. The molecule has 7 aliphatic rings. The van der Waals surface area contributed by atoms with E-state index >= 15 is 0 Å². The molecule has 1 saturated carbocycles. The Labute approximate surface area is 217 Å². The Kier molecular flexibility index (Phi) is 5.29. The van der Waals surface area contributed by atoms with Gasteiger partial charge in [-0.25, -0.2) is 0 Å². The zero-order valence-electron chi connectivity index (χ0n) is 23.4. The van der Waals surface area contributed by atoms with Gasteiger partial charge in [0.1, 0.15) is 0 Å². The summed E-state index contributed by atoms with van der Waals surface area (Å²) in [5.41, 5.74) is 0.530. The Morgan fingerprint density at radius 1 is 0.583 bits per heavy atom. The quantitative estimate of drug-likeness (QED) is 0.309. The van der Waals surface area contributed by atoms with Crippen LogP contribution in [0.2, 0.25) is 0 Å². The minimum absolute atomic E-state index is 0.0562. The third-order valence-electron chi connectivity index (χ3n) is 11.4. The van der Waals surface area contributed by atoms with Crippen LogP contribution in [-0.4, -0.2) is 70.7 Å². The molecule has 0 aromatic heterocycles. The Hall–Kier alpha value is -0.240. The van der Waals surface area contributed by atoms with Gasteiger partial charge in [-0.3, -0.25) is 0 Å². The molecule has 204 valence electrons. The van der Waals surface area contributed by atoms with Gasteiger partial charge in [0.2, 0.25) is 0 Å². The molecule has 7 rings (SSSR count). The fourth-order valence-corrected chi connectivity index (χ4v) is 7.84. The maximum Gasteiger partial charge on any atom is 0.0949 e. The molecular weight excluding hydrogens is 456 g/mol. The van der Waals surface area contributed by atoms with Crippen molar-refractivity contribution >= 4 is 0 Å². The molecule has 6 aliphatic heterocycles. The van der Waals surface area contributed by atoms with E-state index in [0.29, 0.717) is 36.4 Å². The molecule has 0 radical (unpaired) electrons. The average Bonchev–Trinajstić information content (AvgIpc) is 3.59. The fourth-order valence-electron chi connectivity index (χ4n) is 7.84. The first-order valence-electron chi connectivity index (χ1n) is 14.9. The van der Waals surface area contributed by atoms with E-state index in [9.17, 15) is 0 Å².